The molecule has 2 amide bonds. The minimum Gasteiger partial charge on any atom is -0.368 e. The molecular formula is C18H27N5O4. The van der Waals surface area contributed by atoms with Gasteiger partial charge >= 0.3 is 5.69 Å². The van der Waals surface area contributed by atoms with Crippen molar-refractivity contribution in [1.29, 1.82) is 0 Å². The Hall–Kier alpha value is -2.16. The van der Waals surface area contributed by atoms with E-state index in [0.717, 1.165) is 44.3 Å². The van der Waals surface area contributed by atoms with Crippen LogP contribution < -0.4 is 5.69 Å². The maximum atomic E-state index is 12.6. The van der Waals surface area contributed by atoms with Gasteiger partial charge in [-0.15, -0.1) is 0 Å². The molecular weight excluding hydrogens is 350 g/mol. The fraction of sp³-hybridized carbons (Fsp3) is 0.778. The van der Waals surface area contributed by atoms with Crippen molar-refractivity contribution in [3.05, 3.63) is 16.3 Å². The summed E-state index contributed by atoms with van der Waals surface area (Å²) in [5.74, 6) is 0.709. The second-order valence-electron chi connectivity index (χ2n) is 7.53. The van der Waals surface area contributed by atoms with E-state index in [-0.39, 0.29) is 30.2 Å². The minimum absolute atomic E-state index is 0.0293. The van der Waals surface area contributed by atoms with E-state index in [9.17, 15) is 14.4 Å². The molecule has 9 nitrogen and oxygen atoms in total. The maximum absolute atomic E-state index is 12.6. The van der Waals surface area contributed by atoms with Gasteiger partial charge in [-0.05, 0) is 25.7 Å². The third-order valence-electron chi connectivity index (χ3n) is 5.72. The lowest BCUT2D eigenvalue weighted by atomic mass is 10.2. The lowest BCUT2D eigenvalue weighted by molar-refractivity contribution is -0.146. The van der Waals surface area contributed by atoms with Crippen molar-refractivity contribution in [1.82, 2.24) is 24.1 Å². The third-order valence-corrected chi connectivity index (χ3v) is 5.72. The quantitative estimate of drug-likeness (QED) is 0.716. The number of amides is 2. The summed E-state index contributed by atoms with van der Waals surface area (Å²) in [6, 6.07) is 0. The fourth-order valence-electron chi connectivity index (χ4n) is 4.11. The van der Waals surface area contributed by atoms with Crippen LogP contribution in [0, 0.1) is 0 Å². The van der Waals surface area contributed by atoms with Crippen LogP contribution in [-0.2, 0) is 33.8 Å². The van der Waals surface area contributed by atoms with Crippen molar-refractivity contribution in [2.45, 2.75) is 57.7 Å². The zero-order valence-corrected chi connectivity index (χ0v) is 15.6. The van der Waals surface area contributed by atoms with E-state index in [0.29, 0.717) is 39.3 Å². The van der Waals surface area contributed by atoms with Gasteiger partial charge in [-0.2, -0.15) is 5.10 Å². The smallest absolute Gasteiger partial charge is 0.346 e. The van der Waals surface area contributed by atoms with Crippen molar-refractivity contribution in [3.8, 4) is 0 Å². The van der Waals surface area contributed by atoms with Crippen LogP contribution in [0.4, 0.5) is 0 Å². The number of carbonyl (C=O) groups excluding carboxylic acids is 2. The zero-order chi connectivity index (χ0) is 18.8. The van der Waals surface area contributed by atoms with E-state index in [2.05, 4.69) is 5.10 Å². The molecule has 27 heavy (non-hydrogen) atoms. The van der Waals surface area contributed by atoms with Gasteiger partial charge in [0.2, 0.25) is 5.91 Å². The van der Waals surface area contributed by atoms with Gasteiger partial charge in [0.25, 0.3) is 5.91 Å². The van der Waals surface area contributed by atoms with Crippen LogP contribution in [0.1, 0.15) is 37.9 Å². The van der Waals surface area contributed by atoms with Crippen molar-refractivity contribution in [3.63, 3.8) is 0 Å². The van der Waals surface area contributed by atoms with E-state index in [1.54, 1.807) is 14.4 Å². The molecule has 0 spiro atoms. The molecule has 3 aliphatic rings. The Balaban J connectivity index is 1.33. The second kappa shape index (κ2) is 7.84. The molecule has 0 bridgehead atoms. The predicted molar refractivity (Wildman–Crippen MR) is 96.2 cm³/mol. The van der Waals surface area contributed by atoms with Crippen LogP contribution in [0.2, 0.25) is 0 Å². The minimum atomic E-state index is -0.313. The van der Waals surface area contributed by atoms with Gasteiger partial charge in [0, 0.05) is 45.8 Å². The number of piperazine rings is 1. The number of hydrogen-bond donors (Lipinski definition) is 0. The van der Waals surface area contributed by atoms with E-state index < -0.39 is 0 Å². The molecule has 1 unspecified atom stereocenters. The summed E-state index contributed by atoms with van der Waals surface area (Å²) in [4.78, 5) is 41.0. The van der Waals surface area contributed by atoms with Crippen LogP contribution in [0.5, 0.6) is 0 Å². The normalized spacial score (nSPS) is 23.2. The number of aryl methyl sites for hydroxylation is 1. The molecule has 4 heterocycles. The number of rotatable bonds is 3. The summed E-state index contributed by atoms with van der Waals surface area (Å²) < 4.78 is 8.47. The van der Waals surface area contributed by atoms with Gasteiger partial charge in [0.1, 0.15) is 18.5 Å². The lowest BCUT2D eigenvalue weighted by Gasteiger charge is -2.35. The average Bonchev–Trinajstić information content (AvgIpc) is 3.25. The van der Waals surface area contributed by atoms with E-state index in [4.69, 9.17) is 4.74 Å². The Kier molecular flexibility index (Phi) is 5.29. The first-order valence-corrected chi connectivity index (χ1v) is 9.98. The Morgan fingerprint density at radius 1 is 1.00 bits per heavy atom. The first kappa shape index (κ1) is 18.2. The summed E-state index contributed by atoms with van der Waals surface area (Å²) in [5, 5.41) is 4.38. The molecule has 4 rings (SSSR count). The number of nitrogens with zero attached hydrogens (tertiary/aromatic N) is 5. The Morgan fingerprint density at radius 3 is 2.52 bits per heavy atom. The molecule has 0 N–H and O–H groups in total. The highest BCUT2D eigenvalue weighted by molar-refractivity contribution is 5.82. The molecule has 0 aliphatic carbocycles. The molecule has 1 aromatic heterocycles. The van der Waals surface area contributed by atoms with Gasteiger partial charge < -0.3 is 14.5 Å². The molecule has 1 aromatic rings. The predicted octanol–water partition coefficient (Wildman–Crippen LogP) is -0.379. The van der Waals surface area contributed by atoms with Gasteiger partial charge in [-0.3, -0.25) is 14.2 Å². The molecule has 2 fully saturated rings. The van der Waals surface area contributed by atoms with Crippen molar-refractivity contribution >= 4 is 11.8 Å². The van der Waals surface area contributed by atoms with Crippen LogP contribution >= 0.6 is 0 Å². The van der Waals surface area contributed by atoms with E-state index >= 15 is 0 Å². The molecule has 148 valence electrons. The molecule has 9 heteroatoms. The van der Waals surface area contributed by atoms with Gasteiger partial charge in [-0.1, -0.05) is 6.42 Å². The second-order valence-corrected chi connectivity index (χ2v) is 7.53. The molecule has 0 aromatic carbocycles. The van der Waals surface area contributed by atoms with Gasteiger partial charge in [0.05, 0.1) is 0 Å². The zero-order valence-electron chi connectivity index (χ0n) is 15.6. The number of carbonyl (C=O) groups is 2. The van der Waals surface area contributed by atoms with Crippen LogP contribution in [0.15, 0.2) is 4.79 Å². The number of ether oxygens (including phenoxy) is 1. The van der Waals surface area contributed by atoms with Crippen LogP contribution in [0.25, 0.3) is 0 Å². The van der Waals surface area contributed by atoms with Gasteiger partial charge in [0.15, 0.2) is 0 Å². The standard InChI is InChI=1S/C18H27N5O4/c24-16(13-23-18(26)22-7-3-1-2-6-15(22)19-23)20-8-10-21(11-9-20)17(25)14-5-4-12-27-14/h14H,1-13H2. The molecule has 3 aliphatic heterocycles. The summed E-state index contributed by atoms with van der Waals surface area (Å²) in [6.45, 7) is 3.31. The van der Waals surface area contributed by atoms with E-state index in [1.165, 1.54) is 4.68 Å². The number of fused-ring (bicyclic) bond motifs is 1. The van der Waals surface area contributed by atoms with Crippen LogP contribution in [-0.4, -0.2) is 74.9 Å². The monoisotopic (exact) mass is 377 g/mol. The highest BCUT2D eigenvalue weighted by Gasteiger charge is 2.31. The highest BCUT2D eigenvalue weighted by Crippen LogP contribution is 2.16. The van der Waals surface area contributed by atoms with Crippen molar-refractivity contribution in [2.24, 2.45) is 0 Å². The number of hydrogen-bond acceptors (Lipinski definition) is 5. The summed E-state index contributed by atoms with van der Waals surface area (Å²) in [7, 11) is 0. The Morgan fingerprint density at radius 2 is 1.78 bits per heavy atom. The fourth-order valence-corrected chi connectivity index (χ4v) is 4.11. The Bertz CT molecular complexity index is 756. The Labute approximate surface area is 157 Å². The maximum Gasteiger partial charge on any atom is 0.346 e. The van der Waals surface area contributed by atoms with Crippen LogP contribution in [0.3, 0.4) is 0 Å². The first-order valence-electron chi connectivity index (χ1n) is 9.98. The van der Waals surface area contributed by atoms with Crippen molar-refractivity contribution < 1.29 is 14.3 Å². The number of aromatic nitrogens is 3. The largest absolute Gasteiger partial charge is 0.368 e. The molecule has 1 atom stereocenters. The van der Waals surface area contributed by atoms with Gasteiger partial charge in [-0.25, -0.2) is 9.48 Å². The average molecular weight is 377 g/mol. The van der Waals surface area contributed by atoms with Crippen molar-refractivity contribution in [2.75, 3.05) is 32.8 Å². The summed E-state index contributed by atoms with van der Waals surface area (Å²) in [5.41, 5.74) is -0.188. The topological polar surface area (TPSA) is 89.7 Å². The summed E-state index contributed by atoms with van der Waals surface area (Å²) >= 11 is 0. The van der Waals surface area contributed by atoms with E-state index in [1.807, 2.05) is 0 Å². The first-order chi connectivity index (χ1) is 13.1. The highest BCUT2D eigenvalue weighted by atomic mass is 16.5. The SMILES string of the molecule is O=C(Cn1nc2n(c1=O)CCCCC2)N1CCN(C(=O)C2CCCO2)CC1. The summed E-state index contributed by atoms with van der Waals surface area (Å²) in [6.07, 6.45) is 5.31. The lowest BCUT2D eigenvalue weighted by Crippen LogP contribution is -2.53. The molecule has 0 saturated carbocycles. The molecule has 2 saturated heterocycles. The third kappa shape index (κ3) is 3.78. The molecule has 0 radical (unpaired) electrons.